The van der Waals surface area contributed by atoms with Crippen molar-refractivity contribution in [2.75, 3.05) is 20.2 Å². The number of likely N-dealkylation sites (N-methyl/N-ethyl adjacent to an activating group) is 1. The third-order valence-corrected chi connectivity index (χ3v) is 1.71. The predicted molar refractivity (Wildman–Crippen MR) is 47.1 cm³/mol. The maximum atomic E-state index is 8.66. The van der Waals surface area contributed by atoms with Crippen LogP contribution in [0.25, 0.3) is 0 Å². The van der Waals surface area contributed by atoms with Gasteiger partial charge in [-0.1, -0.05) is 12.1 Å². The lowest BCUT2D eigenvalue weighted by atomic mass is 10.5. The zero-order chi connectivity index (χ0) is 9.68. The third kappa shape index (κ3) is 3.12. The molecule has 1 heterocycles. The Labute approximate surface area is 77.4 Å². The van der Waals surface area contributed by atoms with E-state index in [0.29, 0.717) is 24.8 Å². The van der Waals surface area contributed by atoms with Crippen LogP contribution in [0.3, 0.4) is 0 Å². The van der Waals surface area contributed by atoms with Gasteiger partial charge in [0.25, 0.3) is 0 Å². The number of aliphatic hydroxyl groups is 1. The smallest absolute Gasteiger partial charge is 0.226 e. The Morgan fingerprint density at radius 2 is 2.31 bits per heavy atom. The highest BCUT2D eigenvalue weighted by Crippen LogP contribution is 2.00. The van der Waals surface area contributed by atoms with Crippen LogP contribution in [0.4, 0.5) is 0 Å². The van der Waals surface area contributed by atoms with Gasteiger partial charge in [-0.3, -0.25) is 4.90 Å². The van der Waals surface area contributed by atoms with Crippen LogP contribution in [-0.4, -0.2) is 40.3 Å². The lowest BCUT2D eigenvalue weighted by molar-refractivity contribution is 0.213. The number of aryl methyl sites for hydroxylation is 1. The number of hydrogen-bond donors (Lipinski definition) is 1. The summed E-state index contributed by atoms with van der Waals surface area (Å²) in [6, 6.07) is 0. The Morgan fingerprint density at radius 3 is 2.85 bits per heavy atom. The van der Waals surface area contributed by atoms with Crippen molar-refractivity contribution >= 4 is 0 Å². The van der Waals surface area contributed by atoms with Crippen molar-refractivity contribution < 1.29 is 9.63 Å². The Hall–Kier alpha value is -0.940. The zero-order valence-corrected chi connectivity index (χ0v) is 8.03. The number of nitrogens with zero attached hydrogens (tertiary/aromatic N) is 3. The first-order valence-corrected chi connectivity index (χ1v) is 4.37. The molecule has 0 aliphatic heterocycles. The molecular weight excluding hydrogens is 170 g/mol. The summed E-state index contributed by atoms with van der Waals surface area (Å²) in [5.41, 5.74) is 0. The summed E-state index contributed by atoms with van der Waals surface area (Å²) in [6.07, 6.45) is 0.761. The van der Waals surface area contributed by atoms with E-state index in [1.807, 2.05) is 18.9 Å². The van der Waals surface area contributed by atoms with Crippen molar-refractivity contribution in [3.63, 3.8) is 0 Å². The van der Waals surface area contributed by atoms with Crippen molar-refractivity contribution in [3.8, 4) is 0 Å². The summed E-state index contributed by atoms with van der Waals surface area (Å²) in [5, 5.41) is 12.5. The van der Waals surface area contributed by atoms with Gasteiger partial charge in [-0.2, -0.15) is 4.98 Å². The van der Waals surface area contributed by atoms with Gasteiger partial charge in [0, 0.05) is 13.0 Å². The highest BCUT2D eigenvalue weighted by molar-refractivity contribution is 4.85. The first kappa shape index (κ1) is 10.1. The van der Waals surface area contributed by atoms with Crippen LogP contribution in [0.5, 0.6) is 0 Å². The lowest BCUT2D eigenvalue weighted by Gasteiger charge is -2.11. The van der Waals surface area contributed by atoms with Crippen LogP contribution in [0.1, 0.15) is 18.6 Å². The topological polar surface area (TPSA) is 62.4 Å². The third-order valence-electron chi connectivity index (χ3n) is 1.71. The fourth-order valence-corrected chi connectivity index (χ4v) is 0.989. The normalized spacial score (nSPS) is 11.1. The van der Waals surface area contributed by atoms with E-state index < -0.39 is 0 Å². The number of aliphatic hydroxyl groups excluding tert-OH is 1. The Balaban J connectivity index is 2.44. The largest absolute Gasteiger partial charge is 0.395 e. The first-order valence-electron chi connectivity index (χ1n) is 4.37. The van der Waals surface area contributed by atoms with Crippen molar-refractivity contribution in [2.45, 2.75) is 19.9 Å². The summed E-state index contributed by atoms with van der Waals surface area (Å²) in [6.45, 7) is 3.35. The van der Waals surface area contributed by atoms with Gasteiger partial charge in [0.15, 0.2) is 5.82 Å². The molecule has 0 atom stereocenters. The monoisotopic (exact) mass is 185 g/mol. The zero-order valence-electron chi connectivity index (χ0n) is 8.03. The molecule has 13 heavy (non-hydrogen) atoms. The van der Waals surface area contributed by atoms with Gasteiger partial charge in [0.05, 0.1) is 13.2 Å². The van der Waals surface area contributed by atoms with Gasteiger partial charge >= 0.3 is 0 Å². The maximum absolute atomic E-state index is 8.66. The van der Waals surface area contributed by atoms with Crippen molar-refractivity contribution in [2.24, 2.45) is 0 Å². The molecule has 1 aromatic rings. The summed E-state index contributed by atoms with van der Waals surface area (Å²) < 4.78 is 4.94. The molecule has 0 saturated carbocycles. The van der Waals surface area contributed by atoms with Crippen LogP contribution in [-0.2, 0) is 13.0 Å². The minimum Gasteiger partial charge on any atom is -0.395 e. The van der Waals surface area contributed by atoms with Crippen LogP contribution in [0.15, 0.2) is 4.52 Å². The van der Waals surface area contributed by atoms with E-state index in [4.69, 9.17) is 9.63 Å². The van der Waals surface area contributed by atoms with Gasteiger partial charge < -0.3 is 9.63 Å². The van der Waals surface area contributed by atoms with E-state index in [9.17, 15) is 0 Å². The molecule has 5 nitrogen and oxygen atoms in total. The molecule has 5 heteroatoms. The van der Waals surface area contributed by atoms with Gasteiger partial charge in [-0.05, 0) is 7.05 Å². The van der Waals surface area contributed by atoms with Crippen LogP contribution < -0.4 is 0 Å². The first-order chi connectivity index (χ1) is 6.26. The lowest BCUT2D eigenvalue weighted by Crippen LogP contribution is -2.22. The van der Waals surface area contributed by atoms with E-state index in [-0.39, 0.29) is 6.61 Å². The number of rotatable bonds is 5. The van der Waals surface area contributed by atoms with Gasteiger partial charge in [0.2, 0.25) is 5.89 Å². The summed E-state index contributed by atoms with van der Waals surface area (Å²) in [5.74, 6) is 1.33. The van der Waals surface area contributed by atoms with Gasteiger partial charge in [0.1, 0.15) is 0 Å². The molecule has 0 unspecified atom stereocenters. The molecule has 74 valence electrons. The maximum Gasteiger partial charge on any atom is 0.226 e. The second kappa shape index (κ2) is 4.94. The molecular formula is C8H15N3O2. The summed E-state index contributed by atoms with van der Waals surface area (Å²) in [4.78, 5) is 6.08. The Bertz CT molecular complexity index is 249. The second-order valence-electron chi connectivity index (χ2n) is 2.92. The second-order valence-corrected chi connectivity index (χ2v) is 2.92. The fourth-order valence-electron chi connectivity index (χ4n) is 0.989. The van der Waals surface area contributed by atoms with E-state index >= 15 is 0 Å². The SMILES string of the molecule is CCc1nc(CN(C)CCO)no1. The fraction of sp³-hybridized carbons (Fsp3) is 0.750. The molecule has 0 amide bonds. The number of aromatic nitrogens is 2. The highest BCUT2D eigenvalue weighted by Gasteiger charge is 2.06. The Kier molecular flexibility index (Phi) is 3.85. The van der Waals surface area contributed by atoms with Crippen LogP contribution >= 0.6 is 0 Å². The van der Waals surface area contributed by atoms with E-state index in [1.165, 1.54) is 0 Å². The molecule has 0 radical (unpaired) electrons. The van der Waals surface area contributed by atoms with Crippen LogP contribution in [0, 0.1) is 0 Å². The summed E-state index contributed by atoms with van der Waals surface area (Å²) >= 11 is 0. The minimum atomic E-state index is 0.148. The standard InChI is InChI=1S/C8H15N3O2/c1-3-8-9-7(10-13-8)6-11(2)4-5-12/h12H,3-6H2,1-2H3. The van der Waals surface area contributed by atoms with E-state index in [0.717, 1.165) is 6.42 Å². The highest BCUT2D eigenvalue weighted by atomic mass is 16.5. The molecule has 1 aromatic heterocycles. The molecule has 0 aliphatic carbocycles. The van der Waals surface area contributed by atoms with E-state index in [2.05, 4.69) is 10.1 Å². The average Bonchev–Trinajstić information content (AvgIpc) is 2.52. The summed E-state index contributed by atoms with van der Waals surface area (Å²) in [7, 11) is 1.90. The number of hydrogen-bond acceptors (Lipinski definition) is 5. The minimum absolute atomic E-state index is 0.148. The molecule has 1 N–H and O–H groups in total. The molecule has 1 rings (SSSR count). The van der Waals surface area contributed by atoms with Gasteiger partial charge in [-0.15, -0.1) is 0 Å². The molecule has 0 bridgehead atoms. The van der Waals surface area contributed by atoms with Crippen molar-refractivity contribution in [1.29, 1.82) is 0 Å². The molecule has 0 saturated heterocycles. The molecule has 0 fully saturated rings. The molecule has 0 aliphatic rings. The average molecular weight is 185 g/mol. The van der Waals surface area contributed by atoms with E-state index in [1.54, 1.807) is 0 Å². The quantitative estimate of drug-likeness (QED) is 0.702. The molecule has 0 aromatic carbocycles. The predicted octanol–water partition coefficient (Wildman–Crippen LogP) is 0.0561. The van der Waals surface area contributed by atoms with Crippen molar-refractivity contribution in [1.82, 2.24) is 15.0 Å². The molecule has 0 spiro atoms. The van der Waals surface area contributed by atoms with Gasteiger partial charge in [-0.25, -0.2) is 0 Å². The Morgan fingerprint density at radius 1 is 1.54 bits per heavy atom. The van der Waals surface area contributed by atoms with Crippen molar-refractivity contribution in [3.05, 3.63) is 11.7 Å². The van der Waals surface area contributed by atoms with Crippen LogP contribution in [0.2, 0.25) is 0 Å².